The van der Waals surface area contributed by atoms with Gasteiger partial charge < -0.3 is 20.5 Å². The van der Waals surface area contributed by atoms with Gasteiger partial charge in [0.15, 0.2) is 0 Å². The molecule has 1 saturated carbocycles. The van der Waals surface area contributed by atoms with Gasteiger partial charge in [0.2, 0.25) is 11.9 Å². The largest absolute Gasteiger partial charge is 0.461 e. The Morgan fingerprint density at radius 2 is 2.00 bits per heavy atom. The van der Waals surface area contributed by atoms with Crippen molar-refractivity contribution in [1.82, 2.24) is 15.0 Å². The van der Waals surface area contributed by atoms with Crippen LogP contribution in [0.3, 0.4) is 0 Å². The van der Waals surface area contributed by atoms with Gasteiger partial charge in [-0.3, -0.25) is 0 Å². The zero-order chi connectivity index (χ0) is 14.5. The first kappa shape index (κ1) is 14.8. The quantitative estimate of drug-likeness (QED) is 0.723. The first-order valence-electron chi connectivity index (χ1n) is 7.09. The molecular formula is C13H23N5O2. The second kappa shape index (κ2) is 6.69. The van der Waals surface area contributed by atoms with Gasteiger partial charge in [0.1, 0.15) is 0 Å². The van der Waals surface area contributed by atoms with Crippen LogP contribution in [0, 0.1) is 5.92 Å². The van der Waals surface area contributed by atoms with Crippen LogP contribution in [0.15, 0.2) is 0 Å². The molecule has 0 aliphatic heterocycles. The van der Waals surface area contributed by atoms with Crippen molar-refractivity contribution in [3.05, 3.63) is 0 Å². The molecule has 2 rings (SSSR count). The van der Waals surface area contributed by atoms with E-state index in [0.717, 1.165) is 25.8 Å². The number of ether oxygens (including phenoxy) is 1. The third-order valence-electron chi connectivity index (χ3n) is 3.24. The van der Waals surface area contributed by atoms with Crippen molar-refractivity contribution in [1.29, 1.82) is 0 Å². The summed E-state index contributed by atoms with van der Waals surface area (Å²) < 4.78 is 5.50. The highest BCUT2D eigenvalue weighted by Crippen LogP contribution is 2.25. The fourth-order valence-electron chi connectivity index (χ4n) is 2.28. The molecule has 3 N–H and O–H groups in total. The average molecular weight is 281 g/mol. The van der Waals surface area contributed by atoms with Crippen LogP contribution in [0.4, 0.5) is 11.9 Å². The predicted octanol–water partition coefficient (Wildman–Crippen LogP) is 1.27. The molecule has 1 heterocycles. The maximum atomic E-state index is 9.52. The fourth-order valence-corrected chi connectivity index (χ4v) is 2.28. The number of hydrogen-bond donors (Lipinski definition) is 3. The average Bonchev–Trinajstić information content (AvgIpc) is 2.81. The molecule has 2 unspecified atom stereocenters. The normalized spacial score (nSPS) is 22.1. The van der Waals surface area contributed by atoms with Crippen molar-refractivity contribution in [2.45, 2.75) is 45.3 Å². The lowest BCUT2D eigenvalue weighted by Crippen LogP contribution is -2.17. The molecule has 0 spiro atoms. The van der Waals surface area contributed by atoms with Crippen LogP contribution in [-0.4, -0.2) is 45.9 Å². The lowest BCUT2D eigenvalue weighted by molar-refractivity contribution is 0.178. The third-order valence-corrected chi connectivity index (χ3v) is 3.24. The van der Waals surface area contributed by atoms with E-state index in [0.29, 0.717) is 23.8 Å². The van der Waals surface area contributed by atoms with Crippen molar-refractivity contribution >= 4 is 11.9 Å². The van der Waals surface area contributed by atoms with Gasteiger partial charge in [0, 0.05) is 13.6 Å². The summed E-state index contributed by atoms with van der Waals surface area (Å²) in [6.45, 7) is 4.61. The maximum Gasteiger partial charge on any atom is 0.323 e. The number of hydrogen-bond acceptors (Lipinski definition) is 7. The third kappa shape index (κ3) is 4.19. The molecular weight excluding hydrogens is 258 g/mol. The standard InChI is InChI=1S/C13H23N5O2/c1-8(2)20-13-17-11(14-3)16-12(18-13)15-7-9-4-5-10(19)6-9/h8-10,19H,4-7H2,1-3H3,(H2,14,15,16,17,18). The van der Waals surface area contributed by atoms with E-state index >= 15 is 0 Å². The molecule has 0 aromatic carbocycles. The second-order valence-corrected chi connectivity index (χ2v) is 5.40. The molecule has 20 heavy (non-hydrogen) atoms. The van der Waals surface area contributed by atoms with Crippen molar-refractivity contribution in [3.63, 3.8) is 0 Å². The van der Waals surface area contributed by atoms with Gasteiger partial charge in [-0.1, -0.05) is 0 Å². The van der Waals surface area contributed by atoms with Crippen LogP contribution in [0.2, 0.25) is 0 Å². The Bertz CT molecular complexity index is 441. The van der Waals surface area contributed by atoms with Gasteiger partial charge in [-0.2, -0.15) is 15.0 Å². The fraction of sp³-hybridized carbons (Fsp3) is 0.769. The molecule has 1 aromatic heterocycles. The second-order valence-electron chi connectivity index (χ2n) is 5.40. The van der Waals surface area contributed by atoms with E-state index in [1.165, 1.54) is 0 Å². The number of anilines is 2. The van der Waals surface area contributed by atoms with E-state index in [-0.39, 0.29) is 12.2 Å². The van der Waals surface area contributed by atoms with Crippen LogP contribution >= 0.6 is 0 Å². The highest BCUT2D eigenvalue weighted by atomic mass is 16.5. The minimum atomic E-state index is -0.159. The summed E-state index contributed by atoms with van der Waals surface area (Å²) in [6.07, 6.45) is 2.61. The molecule has 1 aliphatic carbocycles. The molecule has 0 saturated heterocycles. The van der Waals surface area contributed by atoms with E-state index in [1.807, 2.05) is 13.8 Å². The van der Waals surface area contributed by atoms with Gasteiger partial charge in [0.05, 0.1) is 12.2 Å². The molecule has 7 heteroatoms. The van der Waals surface area contributed by atoms with Gasteiger partial charge in [0.25, 0.3) is 0 Å². The monoisotopic (exact) mass is 281 g/mol. The van der Waals surface area contributed by atoms with Crippen LogP contribution < -0.4 is 15.4 Å². The topological polar surface area (TPSA) is 92.2 Å². The van der Waals surface area contributed by atoms with Crippen molar-refractivity contribution in [2.24, 2.45) is 5.92 Å². The van der Waals surface area contributed by atoms with E-state index in [4.69, 9.17) is 4.74 Å². The summed E-state index contributed by atoms with van der Waals surface area (Å²) in [5.74, 6) is 1.44. The summed E-state index contributed by atoms with van der Waals surface area (Å²) in [6, 6.07) is 0.313. The van der Waals surface area contributed by atoms with E-state index in [1.54, 1.807) is 7.05 Å². The van der Waals surface area contributed by atoms with E-state index < -0.39 is 0 Å². The Kier molecular flexibility index (Phi) is 4.94. The van der Waals surface area contributed by atoms with E-state index in [2.05, 4.69) is 25.6 Å². The Hall–Kier alpha value is -1.63. The van der Waals surface area contributed by atoms with E-state index in [9.17, 15) is 5.11 Å². The number of aliphatic hydroxyl groups excluding tert-OH is 1. The summed E-state index contributed by atoms with van der Waals surface area (Å²) in [4.78, 5) is 12.6. The van der Waals surface area contributed by atoms with Crippen LogP contribution in [-0.2, 0) is 0 Å². The lowest BCUT2D eigenvalue weighted by atomic mass is 10.1. The molecule has 7 nitrogen and oxygen atoms in total. The smallest absolute Gasteiger partial charge is 0.323 e. The summed E-state index contributed by atoms with van der Waals surface area (Å²) in [5.41, 5.74) is 0. The van der Waals surface area contributed by atoms with Crippen LogP contribution in [0.1, 0.15) is 33.1 Å². The highest BCUT2D eigenvalue weighted by Gasteiger charge is 2.22. The SMILES string of the molecule is CNc1nc(NCC2CCC(O)C2)nc(OC(C)C)n1. The molecule has 2 atom stereocenters. The molecule has 0 radical (unpaired) electrons. The minimum absolute atomic E-state index is 0.0138. The molecule has 1 aromatic rings. The van der Waals surface area contributed by atoms with Crippen molar-refractivity contribution < 1.29 is 9.84 Å². The van der Waals surface area contributed by atoms with Gasteiger partial charge in [-0.25, -0.2) is 0 Å². The molecule has 1 aliphatic rings. The zero-order valence-electron chi connectivity index (χ0n) is 12.3. The number of nitrogens with one attached hydrogen (secondary N) is 2. The lowest BCUT2D eigenvalue weighted by Gasteiger charge is -2.13. The Morgan fingerprint density at radius 3 is 2.60 bits per heavy atom. The maximum absolute atomic E-state index is 9.52. The van der Waals surface area contributed by atoms with Gasteiger partial charge in [-0.05, 0) is 39.0 Å². The van der Waals surface area contributed by atoms with Crippen LogP contribution in [0.25, 0.3) is 0 Å². The predicted molar refractivity (Wildman–Crippen MR) is 77.0 cm³/mol. The minimum Gasteiger partial charge on any atom is -0.461 e. The Labute approximate surface area is 119 Å². The number of nitrogens with zero attached hydrogens (tertiary/aromatic N) is 3. The first-order valence-corrected chi connectivity index (χ1v) is 7.09. The van der Waals surface area contributed by atoms with Gasteiger partial charge in [-0.15, -0.1) is 0 Å². The Balaban J connectivity index is 1.98. The number of aliphatic hydroxyl groups is 1. The number of aromatic nitrogens is 3. The molecule has 1 fully saturated rings. The first-order chi connectivity index (χ1) is 9.56. The summed E-state index contributed by atoms with van der Waals surface area (Å²) in [5, 5.41) is 15.6. The van der Waals surface area contributed by atoms with Crippen molar-refractivity contribution in [2.75, 3.05) is 24.2 Å². The molecule has 0 amide bonds. The summed E-state index contributed by atoms with van der Waals surface area (Å²) >= 11 is 0. The van der Waals surface area contributed by atoms with Crippen LogP contribution in [0.5, 0.6) is 6.01 Å². The van der Waals surface area contributed by atoms with Gasteiger partial charge >= 0.3 is 6.01 Å². The summed E-state index contributed by atoms with van der Waals surface area (Å²) in [7, 11) is 1.76. The Morgan fingerprint density at radius 1 is 1.25 bits per heavy atom. The highest BCUT2D eigenvalue weighted by molar-refractivity contribution is 5.35. The number of rotatable bonds is 6. The molecule has 112 valence electrons. The molecule has 0 bridgehead atoms. The zero-order valence-corrected chi connectivity index (χ0v) is 12.3. The van der Waals surface area contributed by atoms with Crippen molar-refractivity contribution in [3.8, 4) is 6.01 Å².